The van der Waals surface area contributed by atoms with Crippen LogP contribution in [0.5, 0.6) is 0 Å². The summed E-state index contributed by atoms with van der Waals surface area (Å²) in [6.07, 6.45) is 9.16. The molecule has 0 aromatic carbocycles. The molecule has 0 heterocycles. The molecular weight excluding hydrogens is 148 g/mol. The fourth-order valence-electron chi connectivity index (χ4n) is 3.28. The van der Waals surface area contributed by atoms with Gasteiger partial charge in [0.25, 0.3) is 0 Å². The van der Waals surface area contributed by atoms with E-state index in [1.54, 1.807) is 0 Å². The highest BCUT2D eigenvalue weighted by molar-refractivity contribution is 5.60. The highest BCUT2D eigenvalue weighted by Crippen LogP contribution is 2.51. The highest BCUT2D eigenvalue weighted by atomic mass is 16.1. The van der Waals surface area contributed by atoms with E-state index in [0.717, 1.165) is 0 Å². The topological polar surface area (TPSA) is 17.1 Å². The molecule has 2 aliphatic rings. The number of fused-ring (bicyclic) bond motifs is 2. The largest absolute Gasteiger partial charge is 0.303 e. The van der Waals surface area contributed by atoms with E-state index in [1.165, 1.54) is 44.8 Å². The maximum absolute atomic E-state index is 11.1. The lowest BCUT2D eigenvalue weighted by molar-refractivity contribution is -0.127. The van der Waals surface area contributed by atoms with Crippen molar-refractivity contribution in [2.75, 3.05) is 0 Å². The second-order valence-corrected chi connectivity index (χ2v) is 4.74. The molecule has 0 N–H and O–H groups in total. The standard InChI is InChI=1S/C11H18O/c1-11(8-12)9-4-2-5-10(11)7-3-6-9/h8-10H,2-7H2,1H3. The number of hydrogen-bond acceptors (Lipinski definition) is 1. The quantitative estimate of drug-likeness (QED) is 0.547. The van der Waals surface area contributed by atoms with Gasteiger partial charge in [0.15, 0.2) is 0 Å². The van der Waals surface area contributed by atoms with Crippen LogP contribution < -0.4 is 0 Å². The molecule has 12 heavy (non-hydrogen) atoms. The molecular formula is C11H18O. The van der Waals surface area contributed by atoms with Gasteiger partial charge in [0.1, 0.15) is 6.29 Å². The van der Waals surface area contributed by atoms with Crippen LogP contribution in [-0.2, 0) is 4.79 Å². The molecule has 2 saturated carbocycles. The average Bonchev–Trinajstić information content (AvgIpc) is 2.03. The molecule has 0 aromatic heterocycles. The number of rotatable bonds is 1. The highest BCUT2D eigenvalue weighted by Gasteiger charge is 2.45. The van der Waals surface area contributed by atoms with Crippen LogP contribution in [0.4, 0.5) is 0 Å². The van der Waals surface area contributed by atoms with Gasteiger partial charge in [0.05, 0.1) is 0 Å². The minimum absolute atomic E-state index is 0.0521. The van der Waals surface area contributed by atoms with Crippen molar-refractivity contribution in [2.45, 2.75) is 45.4 Å². The lowest BCUT2D eigenvalue weighted by Gasteiger charge is -2.47. The Morgan fingerprint density at radius 2 is 1.50 bits per heavy atom. The maximum atomic E-state index is 11.1. The second kappa shape index (κ2) is 2.86. The predicted molar refractivity (Wildman–Crippen MR) is 48.9 cm³/mol. The van der Waals surface area contributed by atoms with Crippen LogP contribution in [0, 0.1) is 17.3 Å². The van der Waals surface area contributed by atoms with Crippen molar-refractivity contribution in [2.24, 2.45) is 17.3 Å². The lowest BCUT2D eigenvalue weighted by atomic mass is 9.56. The van der Waals surface area contributed by atoms with Gasteiger partial charge in [0, 0.05) is 5.41 Å². The van der Waals surface area contributed by atoms with Crippen molar-refractivity contribution < 1.29 is 4.79 Å². The van der Waals surface area contributed by atoms with Crippen LogP contribution in [0.2, 0.25) is 0 Å². The van der Waals surface area contributed by atoms with Gasteiger partial charge in [-0.05, 0) is 37.5 Å². The van der Waals surface area contributed by atoms with E-state index in [1.807, 2.05) is 0 Å². The molecule has 1 nitrogen and oxygen atoms in total. The van der Waals surface area contributed by atoms with Crippen LogP contribution in [-0.4, -0.2) is 6.29 Å². The van der Waals surface area contributed by atoms with Crippen molar-refractivity contribution in [1.82, 2.24) is 0 Å². The summed E-state index contributed by atoms with van der Waals surface area (Å²) in [7, 11) is 0. The molecule has 0 amide bonds. The summed E-state index contributed by atoms with van der Waals surface area (Å²) < 4.78 is 0. The van der Waals surface area contributed by atoms with Crippen molar-refractivity contribution in [3.05, 3.63) is 0 Å². The molecule has 0 radical (unpaired) electrons. The van der Waals surface area contributed by atoms with Gasteiger partial charge < -0.3 is 4.79 Å². The van der Waals surface area contributed by atoms with Gasteiger partial charge >= 0.3 is 0 Å². The SMILES string of the molecule is CC1(C=O)C2CCCC1CCC2. The van der Waals surface area contributed by atoms with Crippen LogP contribution in [0.25, 0.3) is 0 Å². The Kier molecular flexibility index (Phi) is 1.97. The molecule has 2 rings (SSSR count). The molecule has 0 aliphatic heterocycles. The monoisotopic (exact) mass is 166 g/mol. The fourth-order valence-corrected chi connectivity index (χ4v) is 3.28. The summed E-state index contributed by atoms with van der Waals surface area (Å²) >= 11 is 0. The molecule has 1 heteroatoms. The second-order valence-electron chi connectivity index (χ2n) is 4.74. The van der Waals surface area contributed by atoms with Gasteiger partial charge in [-0.25, -0.2) is 0 Å². The van der Waals surface area contributed by atoms with Crippen molar-refractivity contribution in [3.63, 3.8) is 0 Å². The normalized spacial score (nSPS) is 47.1. The molecule has 0 atom stereocenters. The van der Waals surface area contributed by atoms with E-state index in [2.05, 4.69) is 6.92 Å². The molecule has 2 fully saturated rings. The number of hydrogen-bond donors (Lipinski definition) is 0. The van der Waals surface area contributed by atoms with Gasteiger partial charge in [-0.3, -0.25) is 0 Å². The Morgan fingerprint density at radius 3 is 1.75 bits per heavy atom. The predicted octanol–water partition coefficient (Wildman–Crippen LogP) is 2.79. The average molecular weight is 166 g/mol. The molecule has 0 unspecified atom stereocenters. The summed E-state index contributed by atoms with van der Waals surface area (Å²) in [4.78, 5) is 11.1. The smallest absolute Gasteiger partial charge is 0.126 e. The summed E-state index contributed by atoms with van der Waals surface area (Å²) in [6.45, 7) is 2.19. The fraction of sp³-hybridized carbons (Fsp3) is 0.909. The van der Waals surface area contributed by atoms with Gasteiger partial charge in [-0.2, -0.15) is 0 Å². The summed E-state index contributed by atoms with van der Waals surface area (Å²) in [5.41, 5.74) is 0.0521. The van der Waals surface area contributed by atoms with Crippen LogP contribution in [0.1, 0.15) is 45.4 Å². The zero-order valence-electron chi connectivity index (χ0n) is 7.88. The van der Waals surface area contributed by atoms with Crippen LogP contribution in [0.3, 0.4) is 0 Å². The zero-order valence-corrected chi connectivity index (χ0v) is 7.88. The third-order valence-corrected chi connectivity index (χ3v) is 4.22. The number of aldehydes is 1. The lowest BCUT2D eigenvalue weighted by Crippen LogP contribution is -2.43. The van der Waals surface area contributed by atoms with Crippen LogP contribution in [0.15, 0.2) is 0 Å². The third-order valence-electron chi connectivity index (χ3n) is 4.22. The number of carbonyl (C=O) groups excluding carboxylic acids is 1. The minimum Gasteiger partial charge on any atom is -0.303 e. The first-order chi connectivity index (χ1) is 5.77. The van der Waals surface area contributed by atoms with Gasteiger partial charge in [-0.15, -0.1) is 0 Å². The Hall–Kier alpha value is -0.330. The summed E-state index contributed by atoms with van der Waals surface area (Å²) in [5.74, 6) is 1.42. The molecule has 68 valence electrons. The van der Waals surface area contributed by atoms with Crippen molar-refractivity contribution >= 4 is 6.29 Å². The van der Waals surface area contributed by atoms with Gasteiger partial charge in [0.2, 0.25) is 0 Å². The molecule has 0 saturated heterocycles. The van der Waals surface area contributed by atoms with E-state index in [4.69, 9.17) is 0 Å². The minimum atomic E-state index is 0.0521. The van der Waals surface area contributed by atoms with Crippen molar-refractivity contribution in [1.29, 1.82) is 0 Å². The van der Waals surface area contributed by atoms with E-state index in [0.29, 0.717) is 11.8 Å². The Bertz CT molecular complexity index is 163. The summed E-state index contributed by atoms with van der Waals surface area (Å²) in [5, 5.41) is 0. The van der Waals surface area contributed by atoms with Gasteiger partial charge in [-0.1, -0.05) is 19.8 Å². The Labute approximate surface area is 74.5 Å². The Balaban J connectivity index is 2.24. The number of carbonyl (C=O) groups is 1. The first-order valence-corrected chi connectivity index (χ1v) is 5.23. The first kappa shape index (κ1) is 8.28. The molecule has 0 aromatic rings. The molecule has 2 aliphatic carbocycles. The summed E-state index contributed by atoms with van der Waals surface area (Å²) in [6, 6.07) is 0. The van der Waals surface area contributed by atoms with Crippen molar-refractivity contribution in [3.8, 4) is 0 Å². The molecule has 2 bridgehead atoms. The first-order valence-electron chi connectivity index (χ1n) is 5.23. The maximum Gasteiger partial charge on any atom is 0.126 e. The van der Waals surface area contributed by atoms with Crippen LogP contribution >= 0.6 is 0 Å². The Morgan fingerprint density at radius 1 is 1.08 bits per heavy atom. The third kappa shape index (κ3) is 1.02. The molecule has 0 spiro atoms. The van der Waals surface area contributed by atoms with E-state index in [9.17, 15) is 4.79 Å². The van der Waals surface area contributed by atoms with E-state index < -0.39 is 0 Å². The van der Waals surface area contributed by atoms with E-state index in [-0.39, 0.29) is 5.41 Å². The zero-order chi connectivity index (χ0) is 8.60. The van der Waals surface area contributed by atoms with E-state index >= 15 is 0 Å².